The number of hydrogen-bond acceptors (Lipinski definition) is 3. The van der Waals surface area contributed by atoms with Gasteiger partial charge in [0.25, 0.3) is 0 Å². The highest BCUT2D eigenvalue weighted by atomic mass is 16.4. The summed E-state index contributed by atoms with van der Waals surface area (Å²) >= 11 is 0. The Morgan fingerprint density at radius 1 is 1.70 bits per heavy atom. The number of carboxylic acid groups (broad SMARTS) is 1. The van der Waals surface area contributed by atoms with Gasteiger partial charge in [0.05, 0.1) is 12.5 Å². The van der Waals surface area contributed by atoms with Crippen molar-refractivity contribution >= 4 is 5.97 Å². The van der Waals surface area contributed by atoms with Crippen LogP contribution in [0.5, 0.6) is 0 Å². The standard InChI is InChI=1S/C6H11NO3/c8-5-1-2-7-4(5)3-6(9)10/h4-5,7-8H,1-3H2,(H,9,10)/t4-,5+/m1/s1. The number of carbonyl (C=O) groups is 1. The van der Waals surface area contributed by atoms with Crippen LogP contribution in [0.25, 0.3) is 0 Å². The van der Waals surface area contributed by atoms with Gasteiger partial charge in [0.15, 0.2) is 0 Å². The summed E-state index contributed by atoms with van der Waals surface area (Å²) in [6.07, 6.45) is 0.204. The molecule has 0 bridgehead atoms. The summed E-state index contributed by atoms with van der Waals surface area (Å²) in [7, 11) is 0. The molecule has 1 rings (SSSR count). The second-order valence-electron chi connectivity index (χ2n) is 2.51. The first-order valence-corrected chi connectivity index (χ1v) is 3.33. The number of nitrogens with one attached hydrogen (secondary N) is 1. The van der Waals surface area contributed by atoms with Gasteiger partial charge in [-0.3, -0.25) is 4.79 Å². The lowest BCUT2D eigenvalue weighted by molar-refractivity contribution is -0.138. The number of aliphatic carboxylic acids is 1. The SMILES string of the molecule is O=C(O)C[C@H]1NCC[C@@H]1O. The van der Waals surface area contributed by atoms with Gasteiger partial charge in [0, 0.05) is 6.04 Å². The van der Waals surface area contributed by atoms with E-state index in [-0.39, 0.29) is 12.5 Å². The van der Waals surface area contributed by atoms with Gasteiger partial charge < -0.3 is 15.5 Å². The van der Waals surface area contributed by atoms with Gasteiger partial charge >= 0.3 is 5.97 Å². The quantitative estimate of drug-likeness (QED) is 0.475. The van der Waals surface area contributed by atoms with Crippen molar-refractivity contribution in [1.29, 1.82) is 0 Å². The summed E-state index contributed by atoms with van der Waals surface area (Å²) in [6, 6.07) is -0.238. The van der Waals surface area contributed by atoms with Gasteiger partial charge in [-0.05, 0) is 13.0 Å². The molecule has 4 heteroatoms. The molecular formula is C6H11NO3. The Hall–Kier alpha value is -0.610. The van der Waals surface area contributed by atoms with Gasteiger partial charge in [-0.2, -0.15) is 0 Å². The van der Waals surface area contributed by atoms with Crippen LogP contribution in [0.2, 0.25) is 0 Å². The molecule has 58 valence electrons. The highest BCUT2D eigenvalue weighted by Crippen LogP contribution is 2.09. The predicted octanol–water partition coefficient (Wildman–Crippen LogP) is -0.816. The lowest BCUT2D eigenvalue weighted by atomic mass is 10.1. The van der Waals surface area contributed by atoms with Gasteiger partial charge in [-0.1, -0.05) is 0 Å². The minimum atomic E-state index is -0.863. The molecule has 0 aromatic rings. The average molecular weight is 145 g/mol. The van der Waals surface area contributed by atoms with Crippen LogP contribution in [0, 0.1) is 0 Å². The van der Waals surface area contributed by atoms with E-state index in [1.165, 1.54) is 0 Å². The highest BCUT2D eigenvalue weighted by molar-refractivity contribution is 5.67. The minimum absolute atomic E-state index is 0.0150. The maximum Gasteiger partial charge on any atom is 0.305 e. The molecule has 0 aliphatic carbocycles. The third kappa shape index (κ3) is 1.68. The molecule has 0 saturated carbocycles. The summed E-state index contributed by atoms with van der Waals surface area (Å²) in [5.74, 6) is -0.863. The first kappa shape index (κ1) is 7.50. The van der Waals surface area contributed by atoms with Crippen LogP contribution >= 0.6 is 0 Å². The van der Waals surface area contributed by atoms with Crippen LogP contribution < -0.4 is 5.32 Å². The fraction of sp³-hybridized carbons (Fsp3) is 0.833. The Balaban J connectivity index is 2.33. The van der Waals surface area contributed by atoms with Gasteiger partial charge in [0.2, 0.25) is 0 Å². The van der Waals surface area contributed by atoms with Crippen molar-refractivity contribution in [2.75, 3.05) is 6.54 Å². The molecule has 1 saturated heterocycles. The normalized spacial score (nSPS) is 32.5. The van der Waals surface area contributed by atoms with Crippen LogP contribution in [-0.2, 0) is 4.79 Å². The molecule has 0 spiro atoms. The maximum atomic E-state index is 10.1. The van der Waals surface area contributed by atoms with Crippen LogP contribution in [0.4, 0.5) is 0 Å². The largest absolute Gasteiger partial charge is 0.481 e. The van der Waals surface area contributed by atoms with E-state index in [1.807, 2.05) is 0 Å². The molecule has 0 amide bonds. The molecule has 1 fully saturated rings. The van der Waals surface area contributed by atoms with E-state index in [9.17, 15) is 4.79 Å². The molecule has 10 heavy (non-hydrogen) atoms. The van der Waals surface area contributed by atoms with Crippen molar-refractivity contribution in [3.05, 3.63) is 0 Å². The Morgan fingerprint density at radius 3 is 2.80 bits per heavy atom. The van der Waals surface area contributed by atoms with E-state index < -0.39 is 12.1 Å². The lowest BCUT2D eigenvalue weighted by Crippen LogP contribution is -2.32. The van der Waals surface area contributed by atoms with Gasteiger partial charge in [-0.15, -0.1) is 0 Å². The lowest BCUT2D eigenvalue weighted by Gasteiger charge is -2.10. The molecule has 1 aliphatic heterocycles. The summed E-state index contributed by atoms with van der Waals surface area (Å²) in [6.45, 7) is 0.721. The molecule has 0 aromatic heterocycles. The Bertz CT molecular complexity index is 137. The number of hydrogen-bond donors (Lipinski definition) is 3. The van der Waals surface area contributed by atoms with E-state index in [2.05, 4.69) is 5.32 Å². The summed E-state index contributed by atoms with van der Waals surface area (Å²) in [5.41, 5.74) is 0. The number of rotatable bonds is 2. The zero-order chi connectivity index (χ0) is 7.56. The molecule has 3 N–H and O–H groups in total. The molecule has 0 aromatic carbocycles. The molecule has 0 radical (unpaired) electrons. The second-order valence-corrected chi connectivity index (χ2v) is 2.51. The zero-order valence-electron chi connectivity index (χ0n) is 5.58. The third-order valence-corrected chi connectivity index (χ3v) is 1.71. The first-order chi connectivity index (χ1) is 4.70. The van der Waals surface area contributed by atoms with Crippen molar-refractivity contribution in [3.8, 4) is 0 Å². The second kappa shape index (κ2) is 2.98. The summed E-state index contributed by atoms with van der Waals surface area (Å²) in [5, 5.41) is 20.4. The Morgan fingerprint density at radius 2 is 2.40 bits per heavy atom. The van der Waals surface area contributed by atoms with Crippen molar-refractivity contribution < 1.29 is 15.0 Å². The average Bonchev–Trinajstić information content (AvgIpc) is 2.15. The predicted molar refractivity (Wildman–Crippen MR) is 34.7 cm³/mol. The summed E-state index contributed by atoms with van der Waals surface area (Å²) < 4.78 is 0. The molecule has 1 aliphatic rings. The fourth-order valence-corrected chi connectivity index (χ4v) is 1.15. The zero-order valence-corrected chi connectivity index (χ0v) is 5.58. The van der Waals surface area contributed by atoms with Crippen molar-refractivity contribution in [3.63, 3.8) is 0 Å². The van der Waals surface area contributed by atoms with E-state index in [0.29, 0.717) is 6.42 Å². The Labute approximate surface area is 58.9 Å². The molecule has 4 nitrogen and oxygen atoms in total. The van der Waals surface area contributed by atoms with E-state index in [1.54, 1.807) is 0 Å². The van der Waals surface area contributed by atoms with Crippen molar-refractivity contribution in [2.24, 2.45) is 0 Å². The molecule has 0 unspecified atom stereocenters. The minimum Gasteiger partial charge on any atom is -0.481 e. The molecular weight excluding hydrogens is 134 g/mol. The van der Waals surface area contributed by atoms with Crippen molar-refractivity contribution in [2.45, 2.75) is 25.0 Å². The fourth-order valence-electron chi connectivity index (χ4n) is 1.15. The van der Waals surface area contributed by atoms with E-state index in [0.717, 1.165) is 6.54 Å². The van der Waals surface area contributed by atoms with Crippen molar-refractivity contribution in [1.82, 2.24) is 5.32 Å². The van der Waals surface area contributed by atoms with Gasteiger partial charge in [-0.25, -0.2) is 0 Å². The van der Waals surface area contributed by atoms with Crippen LogP contribution in [0.1, 0.15) is 12.8 Å². The third-order valence-electron chi connectivity index (χ3n) is 1.71. The molecule has 2 atom stereocenters. The topological polar surface area (TPSA) is 69.6 Å². The van der Waals surface area contributed by atoms with E-state index >= 15 is 0 Å². The monoisotopic (exact) mass is 145 g/mol. The Kier molecular flexibility index (Phi) is 2.24. The molecule has 1 heterocycles. The summed E-state index contributed by atoms with van der Waals surface area (Å²) in [4.78, 5) is 10.1. The number of aliphatic hydroxyl groups excluding tert-OH is 1. The smallest absolute Gasteiger partial charge is 0.305 e. The highest BCUT2D eigenvalue weighted by Gasteiger charge is 2.26. The first-order valence-electron chi connectivity index (χ1n) is 3.33. The van der Waals surface area contributed by atoms with Crippen LogP contribution in [-0.4, -0.2) is 34.9 Å². The maximum absolute atomic E-state index is 10.1. The van der Waals surface area contributed by atoms with Crippen LogP contribution in [0.15, 0.2) is 0 Å². The van der Waals surface area contributed by atoms with Gasteiger partial charge in [0.1, 0.15) is 0 Å². The number of aliphatic hydroxyl groups is 1. The van der Waals surface area contributed by atoms with Crippen LogP contribution in [0.3, 0.4) is 0 Å². The van der Waals surface area contributed by atoms with E-state index in [4.69, 9.17) is 10.2 Å². The number of carboxylic acids is 1.